The van der Waals surface area contributed by atoms with Crippen molar-refractivity contribution in [3.05, 3.63) is 54.1 Å². The molecule has 4 heterocycles. The Bertz CT molecular complexity index is 1160. The van der Waals surface area contributed by atoms with E-state index in [9.17, 15) is 14.8 Å². The minimum absolute atomic E-state index is 0.314. The fraction of sp³-hybridized carbons (Fsp3) is 0.391. The molecule has 3 aromatic rings. The third-order valence-corrected chi connectivity index (χ3v) is 6.43. The van der Waals surface area contributed by atoms with Crippen LogP contribution >= 0.6 is 0 Å². The van der Waals surface area contributed by atoms with Gasteiger partial charge in [0.25, 0.3) is 0 Å². The van der Waals surface area contributed by atoms with E-state index in [-0.39, 0.29) is 6.10 Å². The molecule has 1 aromatic carbocycles. The zero-order valence-corrected chi connectivity index (χ0v) is 17.8. The first kappa shape index (κ1) is 20.4. The van der Waals surface area contributed by atoms with E-state index in [2.05, 4.69) is 26.2 Å². The van der Waals surface area contributed by atoms with Crippen molar-refractivity contribution >= 4 is 11.4 Å². The van der Waals surface area contributed by atoms with Gasteiger partial charge in [-0.15, -0.1) is 10.2 Å². The number of pyridine rings is 1. The number of aliphatic hydroxyl groups excluding tert-OH is 1. The van der Waals surface area contributed by atoms with Crippen molar-refractivity contribution in [2.75, 3.05) is 36.0 Å². The molecular weight excluding hydrogens is 409 g/mol. The van der Waals surface area contributed by atoms with E-state index >= 15 is 0 Å². The lowest BCUT2D eigenvalue weighted by Crippen LogP contribution is -2.51. The Balaban J connectivity index is 1.53. The highest BCUT2D eigenvalue weighted by Gasteiger charge is 2.31. The summed E-state index contributed by atoms with van der Waals surface area (Å²) in [7, 11) is 1.96. The quantitative estimate of drug-likeness (QED) is 0.632. The van der Waals surface area contributed by atoms with Gasteiger partial charge in [0.15, 0.2) is 0 Å². The molecule has 0 atom stereocenters. The third kappa shape index (κ3) is 3.56. The van der Waals surface area contributed by atoms with Crippen LogP contribution < -0.4 is 9.80 Å². The molecule has 32 heavy (non-hydrogen) atoms. The van der Waals surface area contributed by atoms with Crippen LogP contribution in [-0.4, -0.2) is 57.1 Å². The summed E-state index contributed by atoms with van der Waals surface area (Å²) in [5.41, 5.74) is 3.87. The van der Waals surface area contributed by atoms with Gasteiger partial charge in [-0.25, -0.2) is 4.98 Å². The van der Waals surface area contributed by atoms with Crippen molar-refractivity contribution in [2.45, 2.75) is 24.9 Å². The number of benzene rings is 1. The first-order chi connectivity index (χ1) is 15.5. The molecule has 0 amide bonds. The number of halogens is 1. The van der Waals surface area contributed by atoms with Gasteiger partial charge < -0.3 is 19.5 Å². The monoisotopic (exact) mass is 433 g/mol. The minimum Gasteiger partial charge on any atom is -0.389 e. The molecule has 2 fully saturated rings. The van der Waals surface area contributed by atoms with E-state index in [1.165, 1.54) is 12.3 Å². The van der Waals surface area contributed by atoms with Crippen LogP contribution in [0.2, 0.25) is 0 Å². The van der Waals surface area contributed by atoms with Gasteiger partial charge >= 0.3 is 0 Å². The summed E-state index contributed by atoms with van der Waals surface area (Å²) in [6, 6.07) is 9.33. The van der Waals surface area contributed by atoms with Crippen molar-refractivity contribution in [3.63, 3.8) is 0 Å². The number of nitrogens with zero attached hydrogens (tertiary/aromatic N) is 7. The molecule has 0 unspecified atom stereocenters. The second kappa shape index (κ2) is 8.20. The average molecular weight is 433 g/mol. The highest BCUT2D eigenvalue weighted by Crippen LogP contribution is 2.42. The maximum Gasteiger partial charge on any atom is 0.212 e. The number of anilines is 2. The summed E-state index contributed by atoms with van der Waals surface area (Å²) in [5, 5.41) is 28.2. The van der Waals surface area contributed by atoms with Crippen molar-refractivity contribution in [1.29, 1.82) is 5.26 Å². The van der Waals surface area contributed by atoms with Crippen molar-refractivity contribution in [1.82, 2.24) is 19.7 Å². The molecule has 2 aliphatic rings. The number of hydrogen-bond acceptors (Lipinski definition) is 7. The van der Waals surface area contributed by atoms with E-state index in [4.69, 9.17) is 0 Å². The summed E-state index contributed by atoms with van der Waals surface area (Å²) in [6.45, 7) is 2.55. The van der Waals surface area contributed by atoms with Gasteiger partial charge in [0, 0.05) is 56.5 Å². The molecule has 8 nitrogen and oxygen atoms in total. The molecule has 164 valence electrons. The van der Waals surface area contributed by atoms with E-state index in [0.717, 1.165) is 54.3 Å². The highest BCUT2D eigenvalue weighted by atomic mass is 19.1. The van der Waals surface area contributed by atoms with E-state index in [1.807, 2.05) is 28.6 Å². The summed E-state index contributed by atoms with van der Waals surface area (Å²) in [6.07, 6.45) is 4.65. The van der Waals surface area contributed by atoms with Crippen LogP contribution in [0.1, 0.15) is 30.1 Å². The van der Waals surface area contributed by atoms with E-state index in [1.54, 1.807) is 12.4 Å². The number of aromatic nitrogens is 4. The molecule has 9 heteroatoms. The number of β-amino-alcohol motifs (C(OH)–C–C–N with tert-alkyl or cyclic N) is 1. The number of nitriles is 1. The van der Waals surface area contributed by atoms with Crippen LogP contribution in [0.25, 0.3) is 11.1 Å². The Hall–Kier alpha value is -3.51. The lowest BCUT2D eigenvalue weighted by atomic mass is 9.92. The van der Waals surface area contributed by atoms with Gasteiger partial charge in [-0.3, -0.25) is 0 Å². The topological polar surface area (TPSA) is 94.1 Å². The molecule has 0 bridgehead atoms. The summed E-state index contributed by atoms with van der Waals surface area (Å²) in [4.78, 5) is 8.08. The van der Waals surface area contributed by atoms with Crippen LogP contribution in [0, 0.1) is 17.3 Å². The smallest absolute Gasteiger partial charge is 0.212 e. The van der Waals surface area contributed by atoms with Crippen LogP contribution in [0.5, 0.6) is 0 Å². The van der Waals surface area contributed by atoms with Crippen LogP contribution in [0.15, 0.2) is 36.8 Å². The molecule has 2 saturated heterocycles. The molecule has 0 aliphatic carbocycles. The second-order valence-corrected chi connectivity index (χ2v) is 8.46. The first-order valence-corrected chi connectivity index (χ1v) is 10.8. The van der Waals surface area contributed by atoms with Crippen LogP contribution in [0.3, 0.4) is 0 Å². The van der Waals surface area contributed by atoms with Gasteiger partial charge in [-0.2, -0.15) is 9.65 Å². The van der Waals surface area contributed by atoms with Gasteiger partial charge in [0.05, 0.1) is 23.0 Å². The predicted molar refractivity (Wildman–Crippen MR) is 118 cm³/mol. The minimum atomic E-state index is -0.536. The fourth-order valence-electron chi connectivity index (χ4n) is 4.73. The molecule has 0 radical (unpaired) electrons. The van der Waals surface area contributed by atoms with Crippen molar-refractivity contribution in [3.8, 4) is 17.2 Å². The zero-order chi connectivity index (χ0) is 22.2. The summed E-state index contributed by atoms with van der Waals surface area (Å²) in [5.74, 6) is 0.761. The maximum absolute atomic E-state index is 13.5. The fourth-order valence-corrected chi connectivity index (χ4v) is 4.73. The third-order valence-electron chi connectivity index (χ3n) is 6.43. The number of hydrogen-bond donors (Lipinski definition) is 1. The first-order valence-electron chi connectivity index (χ1n) is 10.8. The molecule has 0 saturated carbocycles. The molecule has 2 aliphatic heterocycles. The predicted octanol–water partition coefficient (Wildman–Crippen LogP) is 2.45. The zero-order valence-electron chi connectivity index (χ0n) is 17.8. The Kier molecular flexibility index (Phi) is 5.23. The van der Waals surface area contributed by atoms with Gasteiger partial charge in [-0.05, 0) is 31.0 Å². The molecule has 1 N–H and O–H groups in total. The van der Waals surface area contributed by atoms with E-state index in [0.29, 0.717) is 24.6 Å². The van der Waals surface area contributed by atoms with Crippen LogP contribution in [-0.2, 0) is 7.05 Å². The van der Waals surface area contributed by atoms with Crippen molar-refractivity contribution < 1.29 is 9.50 Å². The van der Waals surface area contributed by atoms with Gasteiger partial charge in [-0.1, -0.05) is 6.07 Å². The highest BCUT2D eigenvalue weighted by molar-refractivity contribution is 5.88. The Labute approximate surface area is 185 Å². The SMILES string of the molecule is Cn1cnnc1C1CCN(c2c(-c3ccc(F)nc3)ccc(N3CC(O)C3)c2C#N)CC1. The number of rotatable bonds is 4. The number of aryl methyl sites for hydroxylation is 1. The molecule has 2 aromatic heterocycles. The van der Waals surface area contributed by atoms with Gasteiger partial charge in [0.2, 0.25) is 5.95 Å². The second-order valence-electron chi connectivity index (χ2n) is 8.46. The summed E-state index contributed by atoms with van der Waals surface area (Å²) >= 11 is 0. The Morgan fingerprint density at radius 2 is 1.91 bits per heavy atom. The maximum atomic E-state index is 13.5. The number of piperidine rings is 1. The average Bonchev–Trinajstić information content (AvgIpc) is 3.22. The molecule has 0 spiro atoms. The molecular formula is C23H24FN7O. The number of aliphatic hydroxyl groups is 1. The molecule has 5 rings (SSSR count). The van der Waals surface area contributed by atoms with Crippen molar-refractivity contribution in [2.24, 2.45) is 7.05 Å². The standard InChI is InChI=1S/C23H24FN7O/c1-29-14-27-28-23(29)15-6-8-30(9-7-15)22-18(16-2-5-21(24)26-11-16)3-4-20(19(22)10-25)31-12-17(32)13-31/h2-5,11,14-15,17,32H,6-9,12-13H2,1H3. The summed E-state index contributed by atoms with van der Waals surface area (Å²) < 4.78 is 15.4. The Morgan fingerprint density at radius 1 is 1.12 bits per heavy atom. The lowest BCUT2D eigenvalue weighted by molar-refractivity contribution is 0.142. The normalized spacial score (nSPS) is 17.3. The largest absolute Gasteiger partial charge is 0.389 e. The van der Waals surface area contributed by atoms with E-state index < -0.39 is 5.95 Å². The van der Waals surface area contributed by atoms with Gasteiger partial charge in [0.1, 0.15) is 18.2 Å². The Morgan fingerprint density at radius 3 is 2.50 bits per heavy atom. The van der Waals surface area contributed by atoms with Crippen LogP contribution in [0.4, 0.5) is 15.8 Å². The lowest BCUT2D eigenvalue weighted by Gasteiger charge is -2.40.